The largest absolute Gasteiger partial charge is 0.334 e. The molecule has 1 atom stereocenters. The van der Waals surface area contributed by atoms with Crippen LogP contribution in [0.15, 0.2) is 17.6 Å². The van der Waals surface area contributed by atoms with Gasteiger partial charge >= 0.3 is 0 Å². The zero-order valence-electron chi connectivity index (χ0n) is 16.8. The zero-order valence-corrected chi connectivity index (χ0v) is 17.7. The van der Waals surface area contributed by atoms with Gasteiger partial charge in [-0.3, -0.25) is 4.79 Å². The van der Waals surface area contributed by atoms with Gasteiger partial charge in [0.05, 0.1) is 34.6 Å². The number of aryl methyl sites for hydroxylation is 2. The maximum absolute atomic E-state index is 13.1. The molecule has 0 saturated carbocycles. The van der Waals surface area contributed by atoms with E-state index in [4.69, 9.17) is 5.10 Å². The number of thiazole rings is 1. The first-order valence-electron chi connectivity index (χ1n) is 9.61. The predicted octanol–water partition coefficient (Wildman–Crippen LogP) is 2.77. The molecule has 8 heteroatoms. The van der Waals surface area contributed by atoms with Gasteiger partial charge < -0.3 is 9.80 Å². The molecular weight excluding hydrogens is 372 g/mol. The Hall–Kier alpha value is -2.32. The Morgan fingerprint density at radius 2 is 2.18 bits per heavy atom. The fourth-order valence-corrected chi connectivity index (χ4v) is 4.63. The van der Waals surface area contributed by atoms with E-state index >= 15 is 0 Å². The highest BCUT2D eigenvalue weighted by Gasteiger charge is 2.34. The average molecular weight is 399 g/mol. The standard InChI is InChI=1S/C20H26N6OS/c1-13-8-18-21-10-15(11-24(3)4)20(26(18)23-13)17-6-5-7-25(17)19(27)9-16-12-28-14(2)22-16/h8,10,12,17H,5-7,9,11H2,1-4H3/t17-/m0/s1. The lowest BCUT2D eigenvalue weighted by atomic mass is 10.0. The topological polar surface area (TPSA) is 66.6 Å². The van der Waals surface area contributed by atoms with Crippen LogP contribution in [-0.2, 0) is 17.8 Å². The summed E-state index contributed by atoms with van der Waals surface area (Å²) in [6.45, 7) is 5.49. The number of carbonyl (C=O) groups excluding carboxylic acids is 1. The van der Waals surface area contributed by atoms with Crippen LogP contribution in [0, 0.1) is 13.8 Å². The summed E-state index contributed by atoms with van der Waals surface area (Å²) in [6, 6.07) is 2.01. The number of nitrogens with zero attached hydrogens (tertiary/aromatic N) is 6. The first-order chi connectivity index (χ1) is 13.4. The quantitative estimate of drug-likeness (QED) is 0.661. The van der Waals surface area contributed by atoms with Crippen LogP contribution in [0.5, 0.6) is 0 Å². The van der Waals surface area contributed by atoms with Crippen LogP contribution >= 0.6 is 11.3 Å². The Morgan fingerprint density at radius 1 is 1.36 bits per heavy atom. The minimum atomic E-state index is 0.0204. The van der Waals surface area contributed by atoms with Crippen molar-refractivity contribution >= 4 is 22.9 Å². The minimum Gasteiger partial charge on any atom is -0.334 e. The van der Waals surface area contributed by atoms with Crippen molar-refractivity contribution in [2.45, 2.75) is 45.7 Å². The molecule has 1 amide bonds. The molecule has 28 heavy (non-hydrogen) atoms. The second-order valence-corrected chi connectivity index (χ2v) is 8.80. The van der Waals surface area contributed by atoms with E-state index in [2.05, 4.69) is 14.9 Å². The molecule has 3 aromatic heterocycles. The number of likely N-dealkylation sites (tertiary alicyclic amines) is 1. The lowest BCUT2D eigenvalue weighted by Gasteiger charge is -2.27. The van der Waals surface area contributed by atoms with E-state index in [0.717, 1.165) is 59.2 Å². The third-order valence-corrected chi connectivity index (χ3v) is 5.92. The monoisotopic (exact) mass is 398 g/mol. The summed E-state index contributed by atoms with van der Waals surface area (Å²) in [4.78, 5) is 26.3. The molecule has 3 aromatic rings. The number of amides is 1. The molecule has 0 unspecified atom stereocenters. The van der Waals surface area contributed by atoms with Gasteiger partial charge in [0.15, 0.2) is 5.65 Å². The van der Waals surface area contributed by atoms with E-state index in [1.54, 1.807) is 11.3 Å². The highest BCUT2D eigenvalue weighted by molar-refractivity contribution is 7.09. The van der Waals surface area contributed by atoms with E-state index in [-0.39, 0.29) is 11.9 Å². The van der Waals surface area contributed by atoms with Crippen LogP contribution in [0.2, 0.25) is 0 Å². The Balaban J connectivity index is 1.71. The van der Waals surface area contributed by atoms with Crippen molar-refractivity contribution in [3.8, 4) is 0 Å². The molecule has 4 heterocycles. The van der Waals surface area contributed by atoms with Gasteiger partial charge in [0.1, 0.15) is 0 Å². The molecule has 0 spiro atoms. The molecule has 7 nitrogen and oxygen atoms in total. The Bertz CT molecular complexity index is 1010. The molecule has 0 aliphatic carbocycles. The zero-order chi connectivity index (χ0) is 19.8. The van der Waals surface area contributed by atoms with Crippen molar-refractivity contribution in [1.29, 1.82) is 0 Å². The molecule has 0 radical (unpaired) electrons. The van der Waals surface area contributed by atoms with E-state index in [1.165, 1.54) is 0 Å². The average Bonchev–Trinajstić information content (AvgIpc) is 3.33. The second kappa shape index (κ2) is 7.60. The van der Waals surface area contributed by atoms with Gasteiger partial charge in [-0.1, -0.05) is 0 Å². The highest BCUT2D eigenvalue weighted by atomic mass is 32.1. The van der Waals surface area contributed by atoms with Crippen molar-refractivity contribution in [3.63, 3.8) is 0 Å². The molecule has 1 aliphatic rings. The lowest BCUT2D eigenvalue weighted by molar-refractivity contribution is -0.131. The molecule has 0 aromatic carbocycles. The number of hydrogen-bond acceptors (Lipinski definition) is 6. The maximum atomic E-state index is 13.1. The third kappa shape index (κ3) is 3.66. The summed E-state index contributed by atoms with van der Waals surface area (Å²) in [5, 5.41) is 7.67. The van der Waals surface area contributed by atoms with E-state index in [9.17, 15) is 4.79 Å². The first-order valence-corrected chi connectivity index (χ1v) is 10.5. The Kier molecular flexibility index (Phi) is 5.16. The van der Waals surface area contributed by atoms with Crippen LogP contribution in [0.3, 0.4) is 0 Å². The van der Waals surface area contributed by atoms with E-state index in [0.29, 0.717) is 6.42 Å². The summed E-state index contributed by atoms with van der Waals surface area (Å²) in [6.07, 6.45) is 4.24. The third-order valence-electron chi connectivity index (χ3n) is 5.10. The van der Waals surface area contributed by atoms with Crippen molar-refractivity contribution in [2.24, 2.45) is 0 Å². The second-order valence-electron chi connectivity index (χ2n) is 7.74. The van der Waals surface area contributed by atoms with Gasteiger partial charge in [0.25, 0.3) is 0 Å². The van der Waals surface area contributed by atoms with Crippen molar-refractivity contribution in [2.75, 3.05) is 20.6 Å². The lowest BCUT2D eigenvalue weighted by Crippen LogP contribution is -2.34. The number of hydrogen-bond donors (Lipinski definition) is 0. The molecule has 0 bridgehead atoms. The number of aromatic nitrogens is 4. The number of rotatable bonds is 5. The van der Waals surface area contributed by atoms with Crippen LogP contribution in [0.25, 0.3) is 5.65 Å². The molecule has 1 fully saturated rings. The molecule has 1 saturated heterocycles. The first kappa shape index (κ1) is 19.0. The summed E-state index contributed by atoms with van der Waals surface area (Å²) in [5.41, 5.74) is 4.84. The molecule has 148 valence electrons. The van der Waals surface area contributed by atoms with Crippen molar-refractivity contribution < 1.29 is 4.79 Å². The predicted molar refractivity (Wildman–Crippen MR) is 109 cm³/mol. The van der Waals surface area contributed by atoms with Crippen molar-refractivity contribution in [1.82, 2.24) is 29.4 Å². The van der Waals surface area contributed by atoms with E-state index < -0.39 is 0 Å². The summed E-state index contributed by atoms with van der Waals surface area (Å²) >= 11 is 1.59. The molecule has 4 rings (SSSR count). The summed E-state index contributed by atoms with van der Waals surface area (Å²) in [7, 11) is 4.09. The number of carbonyl (C=O) groups is 1. The van der Waals surface area contributed by atoms with Crippen LogP contribution in [0.4, 0.5) is 0 Å². The highest BCUT2D eigenvalue weighted by Crippen LogP contribution is 2.35. The van der Waals surface area contributed by atoms with Gasteiger partial charge in [0, 0.05) is 36.3 Å². The van der Waals surface area contributed by atoms with Crippen LogP contribution in [-0.4, -0.2) is 55.9 Å². The van der Waals surface area contributed by atoms with Gasteiger partial charge in [-0.15, -0.1) is 11.3 Å². The van der Waals surface area contributed by atoms with Crippen molar-refractivity contribution in [3.05, 3.63) is 45.3 Å². The van der Waals surface area contributed by atoms with Gasteiger partial charge in [0.2, 0.25) is 5.91 Å². The van der Waals surface area contributed by atoms with Crippen LogP contribution in [0.1, 0.15) is 46.5 Å². The smallest absolute Gasteiger partial charge is 0.229 e. The molecule has 0 N–H and O–H groups in total. The van der Waals surface area contributed by atoms with E-state index in [1.807, 2.05) is 55.0 Å². The Labute approximate surface area is 169 Å². The van der Waals surface area contributed by atoms with Gasteiger partial charge in [-0.2, -0.15) is 5.10 Å². The summed E-state index contributed by atoms with van der Waals surface area (Å²) < 4.78 is 1.94. The van der Waals surface area contributed by atoms with Crippen LogP contribution < -0.4 is 0 Å². The molecular formula is C20H26N6OS. The fourth-order valence-electron chi connectivity index (χ4n) is 4.01. The summed E-state index contributed by atoms with van der Waals surface area (Å²) in [5.74, 6) is 0.137. The van der Waals surface area contributed by atoms with Gasteiger partial charge in [-0.05, 0) is 40.8 Å². The maximum Gasteiger partial charge on any atom is 0.229 e. The SMILES string of the molecule is Cc1cc2ncc(CN(C)C)c([C@@H]3CCCN3C(=O)Cc3csc(C)n3)n2n1. The minimum absolute atomic E-state index is 0.0204. The van der Waals surface area contributed by atoms with Gasteiger partial charge in [-0.25, -0.2) is 14.5 Å². The Morgan fingerprint density at radius 3 is 2.89 bits per heavy atom. The number of fused-ring (bicyclic) bond motifs is 1. The normalized spacial score (nSPS) is 17.2. The molecule has 1 aliphatic heterocycles. The fraction of sp³-hybridized carbons (Fsp3) is 0.500.